The molecule has 4 nitrogen and oxygen atoms in total. The van der Waals surface area contributed by atoms with Gasteiger partial charge in [0.05, 0.1) is 6.54 Å². The van der Waals surface area contributed by atoms with E-state index in [0.717, 1.165) is 32.0 Å². The first-order chi connectivity index (χ1) is 8.09. The van der Waals surface area contributed by atoms with Gasteiger partial charge in [-0.3, -0.25) is 4.90 Å². The van der Waals surface area contributed by atoms with E-state index in [-0.39, 0.29) is 0 Å². The Bertz CT molecular complexity index is 352. The Labute approximate surface area is 104 Å². The van der Waals surface area contributed by atoms with Crippen LogP contribution in [0.3, 0.4) is 0 Å². The fourth-order valence-electron chi connectivity index (χ4n) is 2.69. The van der Waals surface area contributed by atoms with E-state index in [1.807, 2.05) is 12.4 Å². The Morgan fingerprint density at radius 3 is 2.76 bits per heavy atom. The molecular weight excluding hydrogens is 212 g/mol. The molecule has 1 aliphatic heterocycles. The minimum absolute atomic E-state index is 0.463. The fraction of sp³-hybridized carbons (Fsp3) is 0.769. The monoisotopic (exact) mass is 236 g/mol. The number of nitrogens with one attached hydrogen (secondary N) is 1. The summed E-state index contributed by atoms with van der Waals surface area (Å²) < 4.78 is 2.10. The molecule has 0 amide bonds. The molecule has 0 aromatic carbocycles. The molecule has 2 heterocycles. The molecule has 1 aromatic heterocycles. The highest BCUT2D eigenvalue weighted by Crippen LogP contribution is 2.28. The summed E-state index contributed by atoms with van der Waals surface area (Å²) >= 11 is 0. The lowest BCUT2D eigenvalue weighted by Gasteiger charge is -2.37. The van der Waals surface area contributed by atoms with E-state index in [1.54, 1.807) is 0 Å². The van der Waals surface area contributed by atoms with E-state index in [4.69, 9.17) is 0 Å². The van der Waals surface area contributed by atoms with Crippen molar-refractivity contribution in [2.75, 3.05) is 26.7 Å². The van der Waals surface area contributed by atoms with Crippen molar-refractivity contribution in [2.24, 2.45) is 12.5 Å². The van der Waals surface area contributed by atoms with Gasteiger partial charge in [-0.15, -0.1) is 0 Å². The summed E-state index contributed by atoms with van der Waals surface area (Å²) in [7, 11) is 4.25. The first-order valence-corrected chi connectivity index (χ1v) is 6.45. The van der Waals surface area contributed by atoms with Gasteiger partial charge in [0.2, 0.25) is 0 Å². The normalized spacial score (nSPS) is 19.8. The van der Waals surface area contributed by atoms with Gasteiger partial charge in [0.1, 0.15) is 5.82 Å². The Morgan fingerprint density at radius 2 is 2.18 bits per heavy atom. The van der Waals surface area contributed by atoms with Crippen LogP contribution in [-0.4, -0.2) is 41.1 Å². The van der Waals surface area contributed by atoms with Gasteiger partial charge in [-0.2, -0.15) is 0 Å². The predicted octanol–water partition coefficient (Wildman–Crippen LogP) is 1.24. The van der Waals surface area contributed by atoms with Gasteiger partial charge in [-0.1, -0.05) is 6.92 Å². The van der Waals surface area contributed by atoms with E-state index in [1.165, 1.54) is 12.8 Å². The third kappa shape index (κ3) is 3.30. The maximum absolute atomic E-state index is 4.38. The van der Waals surface area contributed by atoms with Crippen LogP contribution in [0.5, 0.6) is 0 Å². The Morgan fingerprint density at radius 1 is 1.47 bits per heavy atom. The smallest absolute Gasteiger partial charge is 0.122 e. The maximum Gasteiger partial charge on any atom is 0.122 e. The standard InChI is InChI=1S/C13H24N4/c1-13(4-6-14-7-5-13)11-16(2)10-12-15-8-9-17(12)3/h8-9,14H,4-7,10-11H2,1-3H3. The second-order valence-electron chi connectivity index (χ2n) is 5.69. The number of piperidine rings is 1. The highest BCUT2D eigenvalue weighted by molar-refractivity contribution is 4.92. The van der Waals surface area contributed by atoms with Crippen molar-refractivity contribution >= 4 is 0 Å². The zero-order valence-corrected chi connectivity index (χ0v) is 11.2. The fourth-order valence-corrected chi connectivity index (χ4v) is 2.69. The number of nitrogens with zero attached hydrogens (tertiary/aromatic N) is 3. The van der Waals surface area contributed by atoms with Crippen molar-refractivity contribution in [2.45, 2.75) is 26.3 Å². The van der Waals surface area contributed by atoms with E-state index in [9.17, 15) is 0 Å². The summed E-state index contributed by atoms with van der Waals surface area (Å²) in [5, 5.41) is 3.43. The van der Waals surface area contributed by atoms with Crippen LogP contribution in [0.2, 0.25) is 0 Å². The number of rotatable bonds is 4. The van der Waals surface area contributed by atoms with Crippen LogP contribution < -0.4 is 5.32 Å². The zero-order valence-electron chi connectivity index (χ0n) is 11.2. The molecule has 1 fully saturated rings. The number of imidazole rings is 1. The minimum atomic E-state index is 0.463. The molecule has 0 saturated carbocycles. The van der Waals surface area contributed by atoms with Crippen LogP contribution in [0, 0.1) is 5.41 Å². The van der Waals surface area contributed by atoms with Crippen molar-refractivity contribution < 1.29 is 0 Å². The van der Waals surface area contributed by atoms with Crippen LogP contribution in [0.4, 0.5) is 0 Å². The minimum Gasteiger partial charge on any atom is -0.337 e. The van der Waals surface area contributed by atoms with Gasteiger partial charge in [-0.05, 0) is 38.4 Å². The number of aryl methyl sites for hydroxylation is 1. The Balaban J connectivity index is 1.88. The highest BCUT2D eigenvalue weighted by atomic mass is 15.2. The molecule has 0 bridgehead atoms. The largest absolute Gasteiger partial charge is 0.337 e. The van der Waals surface area contributed by atoms with E-state index >= 15 is 0 Å². The van der Waals surface area contributed by atoms with Crippen molar-refractivity contribution in [3.8, 4) is 0 Å². The van der Waals surface area contributed by atoms with Gasteiger partial charge >= 0.3 is 0 Å². The highest BCUT2D eigenvalue weighted by Gasteiger charge is 2.28. The summed E-state index contributed by atoms with van der Waals surface area (Å²) in [5.74, 6) is 1.14. The molecule has 1 N–H and O–H groups in total. The summed E-state index contributed by atoms with van der Waals surface area (Å²) in [6, 6.07) is 0. The van der Waals surface area contributed by atoms with Crippen LogP contribution in [0.25, 0.3) is 0 Å². The van der Waals surface area contributed by atoms with E-state index in [2.05, 4.69) is 40.8 Å². The third-order valence-electron chi connectivity index (χ3n) is 3.79. The molecular formula is C13H24N4. The third-order valence-corrected chi connectivity index (χ3v) is 3.79. The van der Waals surface area contributed by atoms with Crippen molar-refractivity contribution in [3.05, 3.63) is 18.2 Å². The summed E-state index contributed by atoms with van der Waals surface area (Å²) in [4.78, 5) is 6.78. The van der Waals surface area contributed by atoms with Gasteiger partial charge in [0, 0.05) is 26.0 Å². The van der Waals surface area contributed by atoms with Crippen LogP contribution in [-0.2, 0) is 13.6 Å². The number of aromatic nitrogens is 2. The molecule has 17 heavy (non-hydrogen) atoms. The molecule has 1 aliphatic rings. The number of hydrogen-bond acceptors (Lipinski definition) is 3. The Hall–Kier alpha value is -0.870. The number of hydrogen-bond donors (Lipinski definition) is 1. The molecule has 0 atom stereocenters. The molecule has 1 saturated heterocycles. The molecule has 4 heteroatoms. The molecule has 0 aliphatic carbocycles. The van der Waals surface area contributed by atoms with E-state index in [0.29, 0.717) is 5.41 Å². The topological polar surface area (TPSA) is 33.1 Å². The predicted molar refractivity (Wildman–Crippen MR) is 69.8 cm³/mol. The lowest BCUT2D eigenvalue weighted by molar-refractivity contribution is 0.141. The summed E-state index contributed by atoms with van der Waals surface area (Å²) in [6.07, 6.45) is 6.43. The second kappa shape index (κ2) is 5.19. The molecule has 1 aromatic rings. The molecule has 96 valence electrons. The first kappa shape index (κ1) is 12.6. The lowest BCUT2D eigenvalue weighted by Crippen LogP contribution is -2.41. The van der Waals surface area contributed by atoms with Gasteiger partial charge in [0.15, 0.2) is 0 Å². The van der Waals surface area contributed by atoms with Crippen molar-refractivity contribution in [1.29, 1.82) is 0 Å². The first-order valence-electron chi connectivity index (χ1n) is 6.45. The molecule has 2 rings (SSSR count). The van der Waals surface area contributed by atoms with Crippen molar-refractivity contribution in [3.63, 3.8) is 0 Å². The SMILES string of the molecule is CN(Cc1nccn1C)CC1(C)CCNCC1. The van der Waals surface area contributed by atoms with Gasteiger partial charge in [0.25, 0.3) is 0 Å². The second-order valence-corrected chi connectivity index (χ2v) is 5.69. The van der Waals surface area contributed by atoms with Crippen LogP contribution in [0.1, 0.15) is 25.6 Å². The summed E-state index contributed by atoms with van der Waals surface area (Å²) in [6.45, 7) is 6.82. The zero-order chi connectivity index (χ0) is 12.3. The molecule has 0 radical (unpaired) electrons. The van der Waals surface area contributed by atoms with Crippen molar-refractivity contribution in [1.82, 2.24) is 19.8 Å². The molecule has 0 unspecified atom stereocenters. The average molecular weight is 236 g/mol. The quantitative estimate of drug-likeness (QED) is 0.854. The van der Waals surface area contributed by atoms with Gasteiger partial charge < -0.3 is 9.88 Å². The average Bonchev–Trinajstić information content (AvgIpc) is 2.64. The molecule has 0 spiro atoms. The Kier molecular flexibility index (Phi) is 3.84. The van der Waals surface area contributed by atoms with E-state index < -0.39 is 0 Å². The van der Waals surface area contributed by atoms with Crippen LogP contribution in [0.15, 0.2) is 12.4 Å². The van der Waals surface area contributed by atoms with Gasteiger partial charge in [-0.25, -0.2) is 4.98 Å². The lowest BCUT2D eigenvalue weighted by atomic mass is 9.80. The summed E-state index contributed by atoms with van der Waals surface area (Å²) in [5.41, 5.74) is 0.463. The maximum atomic E-state index is 4.38. The van der Waals surface area contributed by atoms with Crippen LogP contribution >= 0.6 is 0 Å².